The molecule has 0 aromatic heterocycles. The summed E-state index contributed by atoms with van der Waals surface area (Å²) in [5, 5.41) is 10.1. The Kier molecular flexibility index (Phi) is 7.82. The van der Waals surface area contributed by atoms with E-state index in [1.54, 1.807) is 0 Å². The third-order valence-electron chi connectivity index (χ3n) is 6.46. The predicted molar refractivity (Wildman–Crippen MR) is 118 cm³/mol. The summed E-state index contributed by atoms with van der Waals surface area (Å²) in [5.74, 6) is -0.937. The van der Waals surface area contributed by atoms with Gasteiger partial charge >= 0.3 is 11.9 Å². The topological polar surface area (TPSA) is 110 Å². The van der Waals surface area contributed by atoms with Crippen LogP contribution in [-0.2, 0) is 24.3 Å². The number of esters is 2. The van der Waals surface area contributed by atoms with Gasteiger partial charge in [-0.25, -0.2) is 18.0 Å². The molecule has 8 nitrogen and oxygen atoms in total. The smallest absolute Gasteiger partial charge is 0.344 e. The van der Waals surface area contributed by atoms with E-state index in [1.807, 2.05) is 0 Å². The summed E-state index contributed by atoms with van der Waals surface area (Å²) < 4.78 is 37.5. The summed E-state index contributed by atoms with van der Waals surface area (Å²) in [6.07, 6.45) is 4.22. The molecule has 1 saturated carbocycles. The first kappa shape index (κ1) is 24.5. The van der Waals surface area contributed by atoms with Crippen molar-refractivity contribution in [2.45, 2.75) is 63.9 Å². The maximum atomic E-state index is 12.7. The summed E-state index contributed by atoms with van der Waals surface area (Å²) in [7, 11) is -3.76. The minimum absolute atomic E-state index is 0.0947. The van der Waals surface area contributed by atoms with E-state index < -0.39 is 34.3 Å². The van der Waals surface area contributed by atoms with E-state index >= 15 is 0 Å². The maximum absolute atomic E-state index is 12.7. The van der Waals surface area contributed by atoms with Crippen molar-refractivity contribution in [2.24, 2.45) is 17.8 Å². The number of aromatic hydroxyl groups is 1. The second-order valence-electron chi connectivity index (χ2n) is 9.22. The molecular formula is C23H33NO7S. The van der Waals surface area contributed by atoms with Gasteiger partial charge in [-0.2, -0.15) is 4.31 Å². The highest BCUT2D eigenvalue weighted by Gasteiger charge is 2.34. The molecule has 32 heavy (non-hydrogen) atoms. The number of phenols is 1. The van der Waals surface area contributed by atoms with Crippen molar-refractivity contribution in [3.63, 3.8) is 0 Å². The molecule has 9 heteroatoms. The summed E-state index contributed by atoms with van der Waals surface area (Å²) >= 11 is 0. The maximum Gasteiger partial charge on any atom is 0.344 e. The third kappa shape index (κ3) is 5.61. The zero-order valence-corrected chi connectivity index (χ0v) is 19.8. The van der Waals surface area contributed by atoms with Gasteiger partial charge in [-0.1, -0.05) is 27.2 Å². The second-order valence-corrected chi connectivity index (χ2v) is 11.2. The van der Waals surface area contributed by atoms with Crippen molar-refractivity contribution in [1.29, 1.82) is 0 Å². The van der Waals surface area contributed by atoms with E-state index in [1.165, 1.54) is 10.4 Å². The normalized spacial score (nSPS) is 24.4. The molecule has 1 N–H and O–H groups in total. The van der Waals surface area contributed by atoms with Gasteiger partial charge in [0.25, 0.3) is 0 Å². The molecule has 1 heterocycles. The van der Waals surface area contributed by atoms with Gasteiger partial charge in [0.05, 0.1) is 4.90 Å². The lowest BCUT2D eigenvalue weighted by Crippen LogP contribution is -2.36. The van der Waals surface area contributed by atoms with E-state index in [9.17, 15) is 23.1 Å². The van der Waals surface area contributed by atoms with Crippen LogP contribution in [0.4, 0.5) is 0 Å². The highest BCUT2D eigenvalue weighted by molar-refractivity contribution is 7.89. The summed E-state index contributed by atoms with van der Waals surface area (Å²) in [6, 6.07) is 3.49. The van der Waals surface area contributed by atoms with Gasteiger partial charge in [0.15, 0.2) is 6.61 Å². The highest BCUT2D eigenvalue weighted by Crippen LogP contribution is 2.35. The lowest BCUT2D eigenvalue weighted by atomic mass is 9.75. The van der Waals surface area contributed by atoms with Gasteiger partial charge in [0.1, 0.15) is 17.4 Å². The predicted octanol–water partition coefficient (Wildman–Crippen LogP) is 3.34. The lowest BCUT2D eigenvalue weighted by Gasteiger charge is -2.36. The fraction of sp³-hybridized carbons (Fsp3) is 0.652. The molecule has 0 bridgehead atoms. The van der Waals surface area contributed by atoms with Gasteiger partial charge < -0.3 is 14.6 Å². The zero-order chi connectivity index (χ0) is 23.5. The van der Waals surface area contributed by atoms with Crippen LogP contribution in [0.15, 0.2) is 23.1 Å². The molecule has 1 aromatic rings. The first-order chi connectivity index (χ1) is 15.1. The number of rotatable bonds is 7. The average molecular weight is 468 g/mol. The molecule has 2 aliphatic rings. The first-order valence-corrected chi connectivity index (χ1v) is 12.7. The van der Waals surface area contributed by atoms with Crippen LogP contribution in [-0.4, -0.2) is 55.6 Å². The molecule has 0 radical (unpaired) electrons. The summed E-state index contributed by atoms with van der Waals surface area (Å²) in [5.41, 5.74) is -0.301. The molecule has 3 atom stereocenters. The summed E-state index contributed by atoms with van der Waals surface area (Å²) in [4.78, 5) is 24.7. The number of nitrogens with zero attached hydrogens (tertiary/aromatic N) is 1. The number of carbonyl (C=O) groups excluding carboxylic acids is 2. The van der Waals surface area contributed by atoms with Crippen molar-refractivity contribution < 1.29 is 32.6 Å². The molecular weight excluding hydrogens is 434 g/mol. The molecule has 0 amide bonds. The van der Waals surface area contributed by atoms with Crippen molar-refractivity contribution in [2.75, 3.05) is 19.7 Å². The molecule has 2 fully saturated rings. The molecule has 1 aromatic carbocycles. The van der Waals surface area contributed by atoms with Gasteiger partial charge in [0, 0.05) is 13.1 Å². The Morgan fingerprint density at radius 1 is 1.19 bits per heavy atom. The van der Waals surface area contributed by atoms with Crippen LogP contribution in [0.25, 0.3) is 0 Å². The Hall–Kier alpha value is -2.13. The van der Waals surface area contributed by atoms with Crippen LogP contribution in [0, 0.1) is 17.8 Å². The van der Waals surface area contributed by atoms with E-state index in [-0.39, 0.29) is 22.5 Å². The van der Waals surface area contributed by atoms with Crippen molar-refractivity contribution in [3.05, 3.63) is 23.8 Å². The fourth-order valence-corrected chi connectivity index (χ4v) is 6.12. The SMILES string of the molecule is CC(C)[C@H]1CC[C@@H](C)C[C@H]1OC(=O)COC(=O)c1cc(S(=O)(=O)N2CCCC2)ccc1O. The van der Waals surface area contributed by atoms with Crippen molar-refractivity contribution in [3.8, 4) is 5.75 Å². The van der Waals surface area contributed by atoms with Gasteiger partial charge in [0.2, 0.25) is 10.0 Å². The number of hydrogen-bond acceptors (Lipinski definition) is 7. The van der Waals surface area contributed by atoms with Crippen LogP contribution in [0.5, 0.6) is 5.75 Å². The zero-order valence-electron chi connectivity index (χ0n) is 19.0. The standard InChI is InChI=1S/C23H33NO7S/c1-15(2)18-8-6-16(3)12-21(18)31-22(26)14-30-23(27)19-13-17(7-9-20(19)25)32(28,29)24-10-4-5-11-24/h7,9,13,15-16,18,21,25H,4-6,8,10-12,14H2,1-3H3/t16-,18-,21-/m1/s1. The van der Waals surface area contributed by atoms with E-state index in [4.69, 9.17) is 9.47 Å². The fourth-order valence-electron chi connectivity index (χ4n) is 4.57. The molecule has 1 aliphatic heterocycles. The van der Waals surface area contributed by atoms with Gasteiger partial charge in [-0.05, 0) is 61.6 Å². The number of benzene rings is 1. The number of ether oxygens (including phenoxy) is 2. The van der Waals surface area contributed by atoms with Crippen LogP contribution in [0.3, 0.4) is 0 Å². The van der Waals surface area contributed by atoms with E-state index in [0.717, 1.165) is 44.2 Å². The molecule has 0 unspecified atom stereocenters. The number of phenolic OH excluding ortho intramolecular Hbond substituents is 1. The number of carbonyl (C=O) groups is 2. The quantitative estimate of drug-likeness (QED) is 0.612. The number of hydrogen-bond donors (Lipinski definition) is 1. The van der Waals surface area contributed by atoms with E-state index in [2.05, 4.69) is 20.8 Å². The first-order valence-electron chi connectivity index (χ1n) is 11.3. The molecule has 0 spiro atoms. The summed E-state index contributed by atoms with van der Waals surface area (Å²) in [6.45, 7) is 6.58. The highest BCUT2D eigenvalue weighted by atomic mass is 32.2. The van der Waals surface area contributed by atoms with Crippen molar-refractivity contribution in [1.82, 2.24) is 4.31 Å². The molecule has 1 aliphatic carbocycles. The molecule has 3 rings (SSSR count). The minimum Gasteiger partial charge on any atom is -0.507 e. The molecule has 1 saturated heterocycles. The van der Waals surface area contributed by atoms with Crippen LogP contribution < -0.4 is 0 Å². The van der Waals surface area contributed by atoms with Crippen LogP contribution in [0.2, 0.25) is 0 Å². The Labute approximate surface area is 189 Å². The van der Waals surface area contributed by atoms with Crippen molar-refractivity contribution >= 4 is 22.0 Å². The van der Waals surface area contributed by atoms with Gasteiger partial charge in [-0.3, -0.25) is 0 Å². The average Bonchev–Trinajstić information content (AvgIpc) is 3.28. The Morgan fingerprint density at radius 2 is 1.88 bits per heavy atom. The molecule has 178 valence electrons. The Balaban J connectivity index is 1.63. The Morgan fingerprint density at radius 3 is 2.53 bits per heavy atom. The second kappa shape index (κ2) is 10.2. The Bertz CT molecular complexity index is 938. The monoisotopic (exact) mass is 467 g/mol. The van der Waals surface area contributed by atoms with Crippen LogP contribution in [0.1, 0.15) is 63.2 Å². The van der Waals surface area contributed by atoms with Gasteiger partial charge in [-0.15, -0.1) is 0 Å². The largest absolute Gasteiger partial charge is 0.507 e. The third-order valence-corrected chi connectivity index (χ3v) is 8.35. The minimum atomic E-state index is -3.76. The lowest BCUT2D eigenvalue weighted by molar-refractivity contribution is -0.159. The van der Waals surface area contributed by atoms with Crippen LogP contribution >= 0.6 is 0 Å². The van der Waals surface area contributed by atoms with E-state index in [0.29, 0.717) is 24.9 Å². The number of sulfonamides is 1.